The zero-order valence-corrected chi connectivity index (χ0v) is 13.7. The van der Waals surface area contributed by atoms with Gasteiger partial charge in [0.25, 0.3) is 5.91 Å². The fraction of sp³-hybridized carbons (Fsp3) is 0.167. The maximum absolute atomic E-state index is 12.3. The topological polar surface area (TPSA) is 59.3 Å². The SMILES string of the molecule is CC(NC(=O)c1ccc(S(C)=O)cc1)c1cc2ccccc2o1. The zero-order valence-electron chi connectivity index (χ0n) is 12.9. The third kappa shape index (κ3) is 3.35. The number of rotatable bonds is 4. The summed E-state index contributed by atoms with van der Waals surface area (Å²) in [6, 6.07) is 16.2. The van der Waals surface area contributed by atoms with Gasteiger partial charge in [0.15, 0.2) is 0 Å². The van der Waals surface area contributed by atoms with Gasteiger partial charge in [-0.25, -0.2) is 0 Å². The van der Waals surface area contributed by atoms with E-state index in [2.05, 4.69) is 5.32 Å². The highest BCUT2D eigenvalue weighted by Gasteiger charge is 2.15. The summed E-state index contributed by atoms with van der Waals surface area (Å²) in [5.74, 6) is 0.525. The van der Waals surface area contributed by atoms with E-state index < -0.39 is 10.8 Å². The Labute approximate surface area is 137 Å². The minimum atomic E-state index is -1.05. The summed E-state index contributed by atoms with van der Waals surface area (Å²) < 4.78 is 17.1. The smallest absolute Gasteiger partial charge is 0.251 e. The van der Waals surface area contributed by atoms with E-state index in [1.165, 1.54) is 0 Å². The molecule has 4 nitrogen and oxygen atoms in total. The molecule has 0 aliphatic heterocycles. The van der Waals surface area contributed by atoms with Crippen molar-refractivity contribution in [1.82, 2.24) is 5.32 Å². The predicted octanol–water partition coefficient (Wildman–Crippen LogP) is 3.66. The Kier molecular flexibility index (Phi) is 4.30. The van der Waals surface area contributed by atoms with Crippen molar-refractivity contribution in [3.63, 3.8) is 0 Å². The van der Waals surface area contributed by atoms with Gasteiger partial charge in [0.2, 0.25) is 0 Å². The summed E-state index contributed by atoms with van der Waals surface area (Å²) in [4.78, 5) is 13.0. The quantitative estimate of drug-likeness (QED) is 0.795. The lowest BCUT2D eigenvalue weighted by Gasteiger charge is -2.11. The van der Waals surface area contributed by atoms with Crippen LogP contribution in [0.1, 0.15) is 29.1 Å². The van der Waals surface area contributed by atoms with Crippen LogP contribution in [-0.4, -0.2) is 16.4 Å². The fourth-order valence-corrected chi connectivity index (χ4v) is 2.88. The number of furan rings is 1. The van der Waals surface area contributed by atoms with Gasteiger partial charge in [-0.15, -0.1) is 0 Å². The van der Waals surface area contributed by atoms with Gasteiger partial charge in [-0.2, -0.15) is 0 Å². The van der Waals surface area contributed by atoms with Crippen molar-refractivity contribution < 1.29 is 13.4 Å². The molecule has 23 heavy (non-hydrogen) atoms. The molecule has 0 bridgehead atoms. The molecule has 0 aliphatic carbocycles. The maximum atomic E-state index is 12.3. The molecule has 3 aromatic rings. The monoisotopic (exact) mass is 327 g/mol. The third-order valence-corrected chi connectivity index (χ3v) is 4.60. The van der Waals surface area contributed by atoms with Gasteiger partial charge in [-0.1, -0.05) is 18.2 Å². The lowest BCUT2D eigenvalue weighted by molar-refractivity contribution is 0.0935. The Morgan fingerprint density at radius 2 is 1.83 bits per heavy atom. The van der Waals surface area contributed by atoms with Crippen LogP contribution in [0, 0.1) is 0 Å². The van der Waals surface area contributed by atoms with E-state index in [4.69, 9.17) is 4.42 Å². The maximum Gasteiger partial charge on any atom is 0.251 e. The van der Waals surface area contributed by atoms with Gasteiger partial charge in [-0.3, -0.25) is 9.00 Å². The molecule has 1 N–H and O–H groups in total. The number of fused-ring (bicyclic) bond motifs is 1. The Bertz CT molecular complexity index is 834. The summed E-state index contributed by atoms with van der Waals surface area (Å²) >= 11 is 0. The molecule has 2 aromatic carbocycles. The molecule has 2 unspecified atom stereocenters. The van der Waals surface area contributed by atoms with Crippen molar-refractivity contribution in [3.8, 4) is 0 Å². The molecule has 2 atom stereocenters. The number of para-hydroxylation sites is 1. The molecule has 5 heteroatoms. The summed E-state index contributed by atoms with van der Waals surface area (Å²) in [5, 5.41) is 3.93. The number of carbonyl (C=O) groups is 1. The number of benzene rings is 2. The second-order valence-corrected chi connectivity index (χ2v) is 6.74. The fourth-order valence-electron chi connectivity index (χ4n) is 2.36. The van der Waals surface area contributed by atoms with E-state index in [-0.39, 0.29) is 11.9 Å². The minimum absolute atomic E-state index is 0.189. The molecule has 0 saturated carbocycles. The van der Waals surface area contributed by atoms with Gasteiger partial charge in [-0.05, 0) is 43.3 Å². The predicted molar refractivity (Wildman–Crippen MR) is 90.9 cm³/mol. The first-order valence-corrected chi connectivity index (χ1v) is 8.83. The average molecular weight is 327 g/mol. The van der Waals surface area contributed by atoms with Crippen LogP contribution in [0.3, 0.4) is 0 Å². The van der Waals surface area contributed by atoms with Gasteiger partial charge in [0, 0.05) is 32.9 Å². The zero-order chi connectivity index (χ0) is 16.4. The van der Waals surface area contributed by atoms with Crippen LogP contribution in [0.4, 0.5) is 0 Å². The molecule has 1 heterocycles. The summed E-state index contributed by atoms with van der Waals surface area (Å²) in [6.45, 7) is 1.88. The number of carbonyl (C=O) groups excluding carboxylic acids is 1. The molecule has 1 amide bonds. The molecule has 3 rings (SSSR count). The number of hydrogen-bond donors (Lipinski definition) is 1. The highest BCUT2D eigenvalue weighted by molar-refractivity contribution is 7.84. The lowest BCUT2D eigenvalue weighted by Crippen LogP contribution is -2.26. The van der Waals surface area contributed by atoms with Gasteiger partial charge in [0.05, 0.1) is 6.04 Å². The highest BCUT2D eigenvalue weighted by Crippen LogP contribution is 2.23. The van der Waals surface area contributed by atoms with Crippen molar-refractivity contribution in [2.75, 3.05) is 6.26 Å². The normalized spacial score (nSPS) is 13.7. The molecule has 0 aliphatic rings. The first kappa shape index (κ1) is 15.5. The van der Waals surface area contributed by atoms with Gasteiger partial charge >= 0.3 is 0 Å². The van der Waals surface area contributed by atoms with Crippen LogP contribution in [0.15, 0.2) is 63.9 Å². The molecule has 1 aromatic heterocycles. The van der Waals surface area contributed by atoms with Crippen LogP contribution >= 0.6 is 0 Å². The summed E-state index contributed by atoms with van der Waals surface area (Å²) in [6.07, 6.45) is 1.61. The molecule has 0 radical (unpaired) electrons. The van der Waals surface area contributed by atoms with Crippen LogP contribution in [0.25, 0.3) is 11.0 Å². The highest BCUT2D eigenvalue weighted by atomic mass is 32.2. The lowest BCUT2D eigenvalue weighted by atomic mass is 10.1. The summed E-state index contributed by atoms with van der Waals surface area (Å²) in [5.41, 5.74) is 1.33. The standard InChI is InChI=1S/C18H17NO3S/c1-12(17-11-14-5-3-4-6-16(14)22-17)19-18(20)13-7-9-15(10-8-13)23(2)21/h3-12H,1-2H3,(H,19,20). The van der Waals surface area contributed by atoms with E-state index in [1.54, 1.807) is 30.5 Å². The second kappa shape index (κ2) is 6.38. The Morgan fingerprint density at radius 1 is 1.13 bits per heavy atom. The second-order valence-electron chi connectivity index (χ2n) is 5.36. The first-order valence-electron chi connectivity index (χ1n) is 7.27. The Hall–Kier alpha value is -2.40. The van der Waals surface area contributed by atoms with Crippen molar-refractivity contribution in [1.29, 1.82) is 0 Å². The van der Waals surface area contributed by atoms with E-state index in [9.17, 15) is 9.00 Å². The van der Waals surface area contributed by atoms with Crippen LogP contribution in [0.5, 0.6) is 0 Å². The molecule has 118 valence electrons. The van der Waals surface area contributed by atoms with Crippen molar-refractivity contribution in [2.24, 2.45) is 0 Å². The Morgan fingerprint density at radius 3 is 2.48 bits per heavy atom. The van der Waals surface area contributed by atoms with Crippen molar-refractivity contribution in [2.45, 2.75) is 17.9 Å². The third-order valence-electron chi connectivity index (χ3n) is 3.67. The van der Waals surface area contributed by atoms with E-state index in [0.29, 0.717) is 16.2 Å². The summed E-state index contributed by atoms with van der Waals surface area (Å²) in [7, 11) is -1.05. The minimum Gasteiger partial charge on any atom is -0.459 e. The van der Waals surface area contributed by atoms with E-state index >= 15 is 0 Å². The van der Waals surface area contributed by atoms with Crippen LogP contribution in [-0.2, 0) is 10.8 Å². The molecular weight excluding hydrogens is 310 g/mol. The molecule has 0 fully saturated rings. The van der Waals surface area contributed by atoms with Gasteiger partial charge < -0.3 is 9.73 Å². The number of amides is 1. The van der Waals surface area contributed by atoms with Crippen LogP contribution < -0.4 is 5.32 Å². The van der Waals surface area contributed by atoms with E-state index in [1.807, 2.05) is 37.3 Å². The van der Waals surface area contributed by atoms with E-state index in [0.717, 1.165) is 11.0 Å². The molecular formula is C18H17NO3S. The van der Waals surface area contributed by atoms with Crippen LogP contribution in [0.2, 0.25) is 0 Å². The number of hydrogen-bond acceptors (Lipinski definition) is 3. The first-order chi connectivity index (χ1) is 11.0. The largest absolute Gasteiger partial charge is 0.459 e. The molecule has 0 saturated heterocycles. The number of nitrogens with one attached hydrogen (secondary N) is 1. The average Bonchev–Trinajstić information content (AvgIpc) is 2.99. The van der Waals surface area contributed by atoms with Gasteiger partial charge in [0.1, 0.15) is 11.3 Å². The van der Waals surface area contributed by atoms with Crippen molar-refractivity contribution >= 4 is 27.7 Å². The molecule has 0 spiro atoms. The van der Waals surface area contributed by atoms with Crippen molar-refractivity contribution in [3.05, 3.63) is 65.9 Å². The Balaban J connectivity index is 1.74.